The lowest BCUT2D eigenvalue weighted by molar-refractivity contribution is -0.146. The van der Waals surface area contributed by atoms with E-state index in [0.717, 1.165) is 0 Å². The number of amides is 2. The molecule has 8 N–H and O–H groups in total. The van der Waals surface area contributed by atoms with E-state index >= 15 is 0 Å². The molecule has 2 rings (SSSR count). The first-order valence-electron chi connectivity index (χ1n) is 8.11. The average Bonchev–Trinajstić information content (AvgIpc) is 2.70. The minimum Gasteiger partial charge on any atom is -0.479 e. The summed E-state index contributed by atoms with van der Waals surface area (Å²) in [7, 11) is 0. The number of aliphatic hydroxyl groups is 2. The number of nitrogens with two attached hydrogens (primary N) is 2. The van der Waals surface area contributed by atoms with Crippen LogP contribution in [0.3, 0.4) is 0 Å². The number of aromatic nitrogens is 2. The molecule has 0 bridgehead atoms. The monoisotopic (exact) mass is 424 g/mol. The van der Waals surface area contributed by atoms with Crippen LogP contribution in [0.2, 0.25) is 0 Å². The van der Waals surface area contributed by atoms with E-state index in [4.69, 9.17) is 31.9 Å². The molecule has 2 atom stereocenters. The Hall–Kier alpha value is -3.90. The lowest BCUT2D eigenvalue weighted by atomic mass is 10.3. The van der Waals surface area contributed by atoms with Gasteiger partial charge in [0.15, 0.2) is 0 Å². The van der Waals surface area contributed by atoms with Crippen LogP contribution in [0, 0.1) is 0 Å². The van der Waals surface area contributed by atoms with Crippen molar-refractivity contribution in [2.45, 2.75) is 26.1 Å². The molecule has 2 aromatic rings. The van der Waals surface area contributed by atoms with Gasteiger partial charge >= 0.3 is 11.9 Å². The van der Waals surface area contributed by atoms with E-state index in [1.54, 1.807) is 36.7 Å². The molecule has 12 heteroatoms. The number of nitrogens with zero attached hydrogens (tertiary/aromatic N) is 2. The molecule has 0 fully saturated rings. The predicted molar refractivity (Wildman–Crippen MR) is 104 cm³/mol. The van der Waals surface area contributed by atoms with Crippen molar-refractivity contribution < 1.29 is 39.6 Å². The van der Waals surface area contributed by atoms with Gasteiger partial charge < -0.3 is 31.9 Å². The zero-order chi connectivity index (χ0) is 23.7. The lowest BCUT2D eigenvalue weighted by Crippen LogP contribution is -2.13. The normalized spacial score (nSPS) is 10.8. The third-order valence-corrected chi connectivity index (χ3v) is 2.61. The zero-order valence-electron chi connectivity index (χ0n) is 16.2. The molecule has 0 aliphatic carbocycles. The van der Waals surface area contributed by atoms with E-state index in [-0.39, 0.29) is 0 Å². The maximum atomic E-state index is 10.4. The van der Waals surface area contributed by atoms with Crippen molar-refractivity contribution in [2.75, 3.05) is 0 Å². The van der Waals surface area contributed by atoms with Crippen LogP contribution in [0.1, 0.15) is 34.6 Å². The Morgan fingerprint density at radius 1 is 0.767 bits per heavy atom. The van der Waals surface area contributed by atoms with Crippen LogP contribution in [0.5, 0.6) is 0 Å². The molecule has 0 radical (unpaired) electrons. The van der Waals surface area contributed by atoms with Crippen LogP contribution in [0.4, 0.5) is 0 Å². The largest absolute Gasteiger partial charge is 0.479 e. The van der Waals surface area contributed by atoms with Gasteiger partial charge in [-0.25, -0.2) is 9.59 Å². The molecule has 0 aliphatic rings. The van der Waals surface area contributed by atoms with Crippen molar-refractivity contribution in [1.82, 2.24) is 9.97 Å². The van der Waals surface area contributed by atoms with E-state index in [1.165, 1.54) is 26.2 Å². The van der Waals surface area contributed by atoms with Crippen molar-refractivity contribution in [2.24, 2.45) is 11.5 Å². The number of hydrogen-bond acceptors (Lipinski definition) is 8. The third-order valence-electron chi connectivity index (χ3n) is 2.61. The van der Waals surface area contributed by atoms with Gasteiger partial charge in [-0.05, 0) is 38.1 Å². The first-order valence-corrected chi connectivity index (χ1v) is 8.11. The van der Waals surface area contributed by atoms with Gasteiger partial charge in [0.25, 0.3) is 0 Å². The molecule has 2 aromatic heterocycles. The highest BCUT2D eigenvalue weighted by molar-refractivity contribution is 5.92. The van der Waals surface area contributed by atoms with Crippen molar-refractivity contribution in [3.05, 3.63) is 60.2 Å². The van der Waals surface area contributed by atoms with Crippen LogP contribution in [-0.4, -0.2) is 66.4 Å². The number of carboxylic acid groups (broad SMARTS) is 2. The van der Waals surface area contributed by atoms with Gasteiger partial charge in [0, 0.05) is 24.8 Å². The molecule has 0 aromatic carbocycles. The number of carbonyl (C=O) groups excluding carboxylic acids is 2. The summed E-state index contributed by atoms with van der Waals surface area (Å²) in [6, 6.07) is 6.57. The predicted octanol–water partition coefficient (Wildman–Crippen LogP) is -0.735. The summed E-state index contributed by atoms with van der Waals surface area (Å²) in [5.74, 6) is -3.25. The van der Waals surface area contributed by atoms with E-state index in [2.05, 4.69) is 9.97 Å². The molecule has 0 spiro atoms. The number of carboxylic acids is 2. The number of primary amides is 2. The highest BCUT2D eigenvalue weighted by Gasteiger charge is 2.02. The Morgan fingerprint density at radius 3 is 1.13 bits per heavy atom. The molecule has 164 valence electrons. The summed E-state index contributed by atoms with van der Waals surface area (Å²) in [6.45, 7) is 2.39. The van der Waals surface area contributed by atoms with E-state index in [0.29, 0.717) is 11.1 Å². The van der Waals surface area contributed by atoms with Gasteiger partial charge in [0.05, 0.1) is 11.1 Å². The summed E-state index contributed by atoms with van der Waals surface area (Å²) in [5.41, 5.74) is 10.8. The van der Waals surface area contributed by atoms with Crippen molar-refractivity contribution in [3.8, 4) is 0 Å². The van der Waals surface area contributed by atoms with Crippen LogP contribution in [0.15, 0.2) is 49.1 Å². The van der Waals surface area contributed by atoms with Gasteiger partial charge in [0.1, 0.15) is 12.2 Å². The Balaban J connectivity index is 0. The summed E-state index contributed by atoms with van der Waals surface area (Å²) in [6.07, 6.45) is 3.58. The van der Waals surface area contributed by atoms with Crippen LogP contribution < -0.4 is 11.5 Å². The average molecular weight is 424 g/mol. The second kappa shape index (κ2) is 16.1. The second-order valence-electron chi connectivity index (χ2n) is 5.24. The topological polar surface area (TPSA) is 227 Å². The highest BCUT2D eigenvalue weighted by atomic mass is 16.4. The van der Waals surface area contributed by atoms with Gasteiger partial charge in [-0.2, -0.15) is 0 Å². The van der Waals surface area contributed by atoms with E-state index in [1.807, 2.05) is 0 Å². The third kappa shape index (κ3) is 16.3. The van der Waals surface area contributed by atoms with Crippen molar-refractivity contribution in [3.63, 3.8) is 0 Å². The number of aliphatic hydroxyl groups excluding tert-OH is 2. The van der Waals surface area contributed by atoms with E-state index in [9.17, 15) is 19.2 Å². The molecule has 0 aliphatic heterocycles. The fourth-order valence-electron chi connectivity index (χ4n) is 1.02. The van der Waals surface area contributed by atoms with Crippen LogP contribution in [0.25, 0.3) is 0 Å². The Kier molecular flexibility index (Phi) is 15.2. The first kappa shape index (κ1) is 28.3. The minimum atomic E-state index is -1.23. The number of carbonyl (C=O) groups is 4. The summed E-state index contributed by atoms with van der Waals surface area (Å²) in [4.78, 5) is 47.1. The fourth-order valence-corrected chi connectivity index (χ4v) is 1.02. The first-order chi connectivity index (χ1) is 13.9. The number of hydrogen-bond donors (Lipinski definition) is 6. The number of aliphatic carboxylic acids is 2. The maximum Gasteiger partial charge on any atom is 0.332 e. The quantitative estimate of drug-likeness (QED) is 0.360. The molecule has 30 heavy (non-hydrogen) atoms. The molecule has 0 saturated heterocycles. The van der Waals surface area contributed by atoms with Crippen LogP contribution >= 0.6 is 0 Å². The van der Waals surface area contributed by atoms with Gasteiger partial charge in [-0.15, -0.1) is 0 Å². The van der Waals surface area contributed by atoms with E-state index < -0.39 is 36.0 Å². The van der Waals surface area contributed by atoms with Crippen molar-refractivity contribution in [1.29, 1.82) is 0 Å². The summed E-state index contributed by atoms with van der Waals surface area (Å²) >= 11 is 0. The maximum absolute atomic E-state index is 10.4. The van der Waals surface area contributed by atoms with Crippen LogP contribution in [-0.2, 0) is 9.59 Å². The van der Waals surface area contributed by atoms with Crippen molar-refractivity contribution >= 4 is 23.8 Å². The number of rotatable bonds is 4. The van der Waals surface area contributed by atoms with Gasteiger partial charge in [-0.3, -0.25) is 19.6 Å². The fraction of sp³-hybridized carbons (Fsp3) is 0.222. The van der Waals surface area contributed by atoms with Gasteiger partial charge in [0.2, 0.25) is 11.8 Å². The SMILES string of the molecule is CC(O)C(=O)O.CC(O)C(=O)O.NC(=O)c1cccnc1.NC(=O)c1cccnc1. The molecule has 2 amide bonds. The minimum absolute atomic E-state index is 0.442. The highest BCUT2D eigenvalue weighted by Crippen LogP contribution is 1.92. The molecule has 2 heterocycles. The second-order valence-corrected chi connectivity index (χ2v) is 5.24. The summed E-state index contributed by atoms with van der Waals surface area (Å²) < 4.78 is 0. The Labute approximate surface area is 171 Å². The lowest BCUT2D eigenvalue weighted by Gasteiger charge is -1.89. The molecule has 12 nitrogen and oxygen atoms in total. The molecular formula is C18H24N4O8. The summed E-state index contributed by atoms with van der Waals surface area (Å²) in [5, 5.41) is 31.5. The Morgan fingerprint density at radius 2 is 1.03 bits per heavy atom. The Bertz CT molecular complexity index is 716. The smallest absolute Gasteiger partial charge is 0.332 e. The number of pyridine rings is 2. The van der Waals surface area contributed by atoms with Gasteiger partial charge in [-0.1, -0.05) is 0 Å². The molecular weight excluding hydrogens is 400 g/mol. The molecule has 2 unspecified atom stereocenters. The zero-order valence-corrected chi connectivity index (χ0v) is 16.2. The molecule has 0 saturated carbocycles. The standard InChI is InChI=1S/2C6H6N2O.2C3H6O3/c2*7-6(9)5-2-1-3-8-4-5;2*1-2(4)3(5)6/h2*1-4H,(H2,7,9);2*2,4H,1H3,(H,5,6).